The third kappa shape index (κ3) is 4.85. The minimum absolute atomic E-state index is 0.0697. The number of carboxylic acids is 1. The predicted molar refractivity (Wildman–Crippen MR) is 135 cm³/mol. The Hall–Kier alpha value is -4.05. The van der Waals surface area contributed by atoms with Crippen LogP contribution in [-0.2, 0) is 21.2 Å². The van der Waals surface area contributed by atoms with Crippen molar-refractivity contribution < 1.29 is 23.1 Å². The Labute approximate surface area is 207 Å². The second-order valence-corrected chi connectivity index (χ2v) is 10.6. The fraction of sp³-hybridized carbons (Fsp3) is 0.231. The second-order valence-electron chi connectivity index (χ2n) is 8.51. The first kappa shape index (κ1) is 25.1. The molecule has 0 spiro atoms. The Morgan fingerprint density at radius 1 is 1.03 bits per heavy atom. The van der Waals surface area contributed by atoms with Gasteiger partial charge < -0.3 is 9.84 Å². The largest absolute Gasteiger partial charge is 0.497 e. The van der Waals surface area contributed by atoms with E-state index in [1.54, 1.807) is 56.5 Å². The third-order valence-electron chi connectivity index (χ3n) is 6.04. The average molecular weight is 508 g/mol. The maximum Gasteiger partial charge on any atom is 0.322 e. The van der Waals surface area contributed by atoms with E-state index in [0.717, 1.165) is 21.4 Å². The molecule has 1 atom stereocenters. The van der Waals surface area contributed by atoms with Gasteiger partial charge in [0.2, 0.25) is 0 Å². The van der Waals surface area contributed by atoms with E-state index in [0.29, 0.717) is 22.2 Å². The van der Waals surface area contributed by atoms with Gasteiger partial charge in [-0.1, -0.05) is 41.1 Å². The molecule has 186 valence electrons. The van der Waals surface area contributed by atoms with Gasteiger partial charge in [-0.3, -0.25) is 9.59 Å². The van der Waals surface area contributed by atoms with Crippen LogP contribution in [0.3, 0.4) is 0 Å². The minimum Gasteiger partial charge on any atom is -0.497 e. The number of aromatic nitrogens is 3. The SMILES string of the molecule is COc1ccc(-c2ccc(S(=O)(=O)C(CCn3nnc4ccc(C)cc4c3=O)C(=O)O)c(C)c2)cc1. The number of rotatable bonds is 8. The molecule has 0 aliphatic rings. The summed E-state index contributed by atoms with van der Waals surface area (Å²) in [7, 11) is -2.68. The fourth-order valence-corrected chi connectivity index (χ4v) is 5.83. The highest BCUT2D eigenvalue weighted by Gasteiger charge is 2.35. The van der Waals surface area contributed by atoms with Crippen LogP contribution in [-0.4, -0.2) is 46.8 Å². The van der Waals surface area contributed by atoms with E-state index in [1.165, 1.54) is 6.07 Å². The van der Waals surface area contributed by atoms with Crippen molar-refractivity contribution in [1.29, 1.82) is 0 Å². The molecule has 0 fully saturated rings. The van der Waals surface area contributed by atoms with Crippen LogP contribution in [0.15, 0.2) is 70.4 Å². The summed E-state index contributed by atoms with van der Waals surface area (Å²) >= 11 is 0. The maximum atomic E-state index is 13.4. The molecule has 4 aromatic rings. The summed E-state index contributed by atoms with van der Waals surface area (Å²) in [5, 5.41) is 16.2. The zero-order valence-corrected chi connectivity index (χ0v) is 20.8. The summed E-state index contributed by atoms with van der Waals surface area (Å²) < 4.78 is 32.9. The van der Waals surface area contributed by atoms with Crippen molar-refractivity contribution in [2.75, 3.05) is 7.11 Å². The lowest BCUT2D eigenvalue weighted by Crippen LogP contribution is -2.34. The van der Waals surface area contributed by atoms with E-state index in [4.69, 9.17) is 4.74 Å². The molecule has 0 amide bonds. The van der Waals surface area contributed by atoms with Gasteiger partial charge in [-0.25, -0.2) is 13.1 Å². The van der Waals surface area contributed by atoms with Gasteiger partial charge in [0.15, 0.2) is 15.1 Å². The van der Waals surface area contributed by atoms with Gasteiger partial charge in [0.05, 0.1) is 17.4 Å². The zero-order chi connectivity index (χ0) is 26.0. The number of sulfone groups is 1. The highest BCUT2D eigenvalue weighted by Crippen LogP contribution is 2.29. The van der Waals surface area contributed by atoms with E-state index in [2.05, 4.69) is 10.3 Å². The highest BCUT2D eigenvalue weighted by molar-refractivity contribution is 7.92. The van der Waals surface area contributed by atoms with Crippen LogP contribution in [0.5, 0.6) is 5.75 Å². The molecule has 0 saturated heterocycles. The van der Waals surface area contributed by atoms with Gasteiger partial charge in [0, 0.05) is 6.54 Å². The first-order valence-corrected chi connectivity index (χ1v) is 12.7. The monoisotopic (exact) mass is 507 g/mol. The van der Waals surface area contributed by atoms with Crippen LogP contribution in [0.2, 0.25) is 0 Å². The molecule has 0 saturated carbocycles. The Morgan fingerprint density at radius 2 is 1.72 bits per heavy atom. The van der Waals surface area contributed by atoms with Crippen molar-refractivity contribution in [3.05, 3.63) is 82.1 Å². The highest BCUT2D eigenvalue weighted by atomic mass is 32.2. The number of aryl methyl sites for hydroxylation is 3. The first-order valence-electron chi connectivity index (χ1n) is 11.2. The van der Waals surface area contributed by atoms with Gasteiger partial charge in [0.1, 0.15) is 11.3 Å². The normalized spacial score (nSPS) is 12.4. The summed E-state index contributed by atoms with van der Waals surface area (Å²) in [6.07, 6.45) is -0.344. The van der Waals surface area contributed by atoms with Gasteiger partial charge in [-0.15, -0.1) is 5.10 Å². The number of fused-ring (bicyclic) bond motifs is 1. The van der Waals surface area contributed by atoms with Crippen molar-refractivity contribution in [3.8, 4) is 16.9 Å². The number of ether oxygens (including phenoxy) is 1. The quantitative estimate of drug-likeness (QED) is 0.384. The Balaban J connectivity index is 1.62. The van der Waals surface area contributed by atoms with Crippen molar-refractivity contribution in [3.63, 3.8) is 0 Å². The molecular formula is C26H25N3O6S. The van der Waals surface area contributed by atoms with E-state index in [-0.39, 0.29) is 17.9 Å². The number of carbonyl (C=O) groups is 1. The standard InChI is InChI=1S/C26H25N3O6S/c1-16-4-10-22-21(14-16)25(30)29(28-27-22)13-12-24(26(31)32)36(33,34)23-11-7-19(15-17(23)2)18-5-8-20(35-3)9-6-18/h4-11,14-15,24H,12-13H2,1-3H3,(H,31,32). The lowest BCUT2D eigenvalue weighted by Gasteiger charge is -2.16. The number of aliphatic carboxylic acids is 1. The topological polar surface area (TPSA) is 128 Å². The second kappa shape index (κ2) is 9.90. The van der Waals surface area contributed by atoms with Crippen molar-refractivity contribution in [2.45, 2.75) is 37.0 Å². The lowest BCUT2D eigenvalue weighted by molar-refractivity contribution is -0.136. The summed E-state index contributed by atoms with van der Waals surface area (Å²) in [6.45, 7) is 3.24. The first-order chi connectivity index (χ1) is 17.1. The minimum atomic E-state index is -4.26. The van der Waals surface area contributed by atoms with Crippen molar-refractivity contribution in [1.82, 2.24) is 15.0 Å². The zero-order valence-electron chi connectivity index (χ0n) is 20.0. The predicted octanol–water partition coefficient (Wildman–Crippen LogP) is 3.40. The fourth-order valence-electron chi connectivity index (χ4n) is 4.07. The van der Waals surface area contributed by atoms with E-state index in [9.17, 15) is 23.1 Å². The Bertz CT molecular complexity index is 1610. The Kier molecular flexibility index (Phi) is 6.89. The molecule has 0 aliphatic heterocycles. The van der Waals surface area contributed by atoms with Crippen molar-refractivity contribution in [2.24, 2.45) is 0 Å². The number of benzene rings is 3. The molecule has 9 nitrogen and oxygen atoms in total. The van der Waals surface area contributed by atoms with Crippen LogP contribution in [0.4, 0.5) is 0 Å². The molecule has 4 rings (SSSR count). The third-order valence-corrected chi connectivity index (χ3v) is 8.29. The summed E-state index contributed by atoms with van der Waals surface area (Å²) in [5.74, 6) is -0.796. The Morgan fingerprint density at radius 3 is 2.36 bits per heavy atom. The number of hydrogen-bond acceptors (Lipinski definition) is 7. The average Bonchev–Trinajstić information content (AvgIpc) is 2.85. The van der Waals surface area contributed by atoms with E-state index in [1.807, 2.05) is 19.1 Å². The molecule has 1 N–H and O–H groups in total. The van der Waals surface area contributed by atoms with E-state index >= 15 is 0 Å². The smallest absolute Gasteiger partial charge is 0.322 e. The number of carboxylic acid groups (broad SMARTS) is 1. The molecule has 1 heterocycles. The molecular weight excluding hydrogens is 482 g/mol. The summed E-state index contributed by atoms with van der Waals surface area (Å²) in [6, 6.07) is 17.2. The van der Waals surface area contributed by atoms with Gasteiger partial charge in [-0.05, 0) is 67.3 Å². The van der Waals surface area contributed by atoms with Gasteiger partial charge >= 0.3 is 5.97 Å². The number of hydrogen-bond donors (Lipinski definition) is 1. The maximum absolute atomic E-state index is 13.4. The number of nitrogens with zero attached hydrogens (tertiary/aromatic N) is 3. The van der Waals surface area contributed by atoms with Crippen LogP contribution in [0.25, 0.3) is 22.0 Å². The van der Waals surface area contributed by atoms with Crippen molar-refractivity contribution >= 4 is 26.7 Å². The molecule has 1 unspecified atom stereocenters. The molecule has 36 heavy (non-hydrogen) atoms. The van der Waals surface area contributed by atoms with Crippen LogP contribution in [0, 0.1) is 13.8 Å². The molecule has 10 heteroatoms. The molecule has 0 aliphatic carbocycles. The van der Waals surface area contributed by atoms with E-state index < -0.39 is 26.6 Å². The van der Waals surface area contributed by atoms with Crippen LogP contribution >= 0.6 is 0 Å². The molecule has 0 radical (unpaired) electrons. The van der Waals surface area contributed by atoms with Gasteiger partial charge in [0.25, 0.3) is 5.56 Å². The number of methoxy groups -OCH3 is 1. The summed E-state index contributed by atoms with van der Waals surface area (Å²) in [4.78, 5) is 24.8. The van der Waals surface area contributed by atoms with Crippen LogP contribution in [0.1, 0.15) is 17.5 Å². The molecule has 1 aromatic heterocycles. The molecule has 0 bridgehead atoms. The lowest BCUT2D eigenvalue weighted by atomic mass is 10.0. The summed E-state index contributed by atoms with van der Waals surface area (Å²) in [5.41, 5.74) is 2.89. The van der Waals surface area contributed by atoms with Gasteiger partial charge in [-0.2, -0.15) is 0 Å². The van der Waals surface area contributed by atoms with Crippen LogP contribution < -0.4 is 10.3 Å². The molecule has 3 aromatic carbocycles.